The van der Waals surface area contributed by atoms with E-state index >= 15 is 0 Å². The van der Waals surface area contributed by atoms with Crippen LogP contribution in [-0.2, 0) is 33.2 Å². The monoisotopic (exact) mass is 413 g/mol. The van der Waals surface area contributed by atoms with Crippen molar-refractivity contribution in [3.63, 3.8) is 0 Å². The molecule has 0 saturated heterocycles. The van der Waals surface area contributed by atoms with Gasteiger partial charge in [0.25, 0.3) is 0 Å². The molecule has 0 unspecified atom stereocenters. The highest BCUT2D eigenvalue weighted by Crippen LogP contribution is 1.83. The van der Waals surface area contributed by atoms with E-state index in [9.17, 15) is 0 Å². The molecule has 0 amide bonds. The zero-order valence-electron chi connectivity index (χ0n) is 17.0. The Morgan fingerprint density at radius 1 is 0.357 bits per heavy atom. The molecule has 0 spiro atoms. The predicted molar refractivity (Wildman–Crippen MR) is 103 cm³/mol. The van der Waals surface area contributed by atoms with Gasteiger partial charge in [-0.15, -0.1) is 0 Å². The number of aliphatic hydroxyl groups is 2. The zero-order valence-corrected chi connectivity index (χ0v) is 17.0. The first kappa shape index (κ1) is 27.6. The number of rotatable bonds is 25. The summed E-state index contributed by atoms with van der Waals surface area (Å²) in [5.41, 5.74) is 0. The van der Waals surface area contributed by atoms with Gasteiger partial charge in [-0.25, -0.2) is 0 Å². The van der Waals surface area contributed by atoms with Crippen molar-refractivity contribution in [3.8, 4) is 0 Å². The first-order valence-corrected chi connectivity index (χ1v) is 9.88. The van der Waals surface area contributed by atoms with Gasteiger partial charge in [0.05, 0.1) is 106 Å². The molecule has 0 atom stereocenters. The molecule has 0 bridgehead atoms. The Balaban J connectivity index is 2.96. The van der Waals surface area contributed by atoms with Gasteiger partial charge >= 0.3 is 0 Å². The summed E-state index contributed by atoms with van der Waals surface area (Å²) in [4.78, 5) is 0. The average Bonchev–Trinajstić information content (AvgIpc) is 2.71. The minimum absolute atomic E-state index is 0.0338. The smallest absolute Gasteiger partial charge is 0.0701 e. The highest BCUT2D eigenvalue weighted by Gasteiger charge is 1.94. The number of hydrogen-bond donors (Lipinski definition) is 3. The molecule has 0 radical (unpaired) electrons. The van der Waals surface area contributed by atoms with Crippen LogP contribution in [0.15, 0.2) is 0 Å². The van der Waals surface area contributed by atoms with Crippen LogP contribution in [0.25, 0.3) is 0 Å². The SMILES string of the molecule is OCCOCCOCCOCCNCCOCCOCCOCCOCCO. The normalized spacial score (nSPS) is 11.4. The summed E-state index contributed by atoms with van der Waals surface area (Å²) in [5.74, 6) is 0. The number of ether oxygens (including phenoxy) is 7. The summed E-state index contributed by atoms with van der Waals surface area (Å²) in [6, 6.07) is 0. The van der Waals surface area contributed by atoms with E-state index in [-0.39, 0.29) is 13.2 Å². The van der Waals surface area contributed by atoms with Gasteiger partial charge in [0.1, 0.15) is 0 Å². The van der Waals surface area contributed by atoms with Crippen LogP contribution in [0.1, 0.15) is 0 Å². The Bertz CT molecular complexity index is 249. The summed E-state index contributed by atoms with van der Waals surface area (Å²) in [7, 11) is 0. The fourth-order valence-corrected chi connectivity index (χ4v) is 1.85. The summed E-state index contributed by atoms with van der Waals surface area (Å²) in [6.07, 6.45) is 0. The molecule has 0 heterocycles. The maximum absolute atomic E-state index is 8.53. The third kappa shape index (κ3) is 25.6. The van der Waals surface area contributed by atoms with Crippen LogP contribution in [0.3, 0.4) is 0 Å². The fourth-order valence-electron chi connectivity index (χ4n) is 1.85. The van der Waals surface area contributed by atoms with Gasteiger partial charge in [-0.1, -0.05) is 0 Å². The Kier molecular flexibility index (Phi) is 26.2. The van der Waals surface area contributed by atoms with Crippen LogP contribution >= 0.6 is 0 Å². The zero-order chi connectivity index (χ0) is 20.4. The molecule has 0 aromatic rings. The lowest BCUT2D eigenvalue weighted by Gasteiger charge is -2.08. The Hall–Kier alpha value is -0.400. The van der Waals surface area contributed by atoms with Gasteiger partial charge in [-0.2, -0.15) is 0 Å². The van der Waals surface area contributed by atoms with Gasteiger partial charge < -0.3 is 48.7 Å². The Morgan fingerprint density at radius 3 is 0.893 bits per heavy atom. The van der Waals surface area contributed by atoms with Crippen LogP contribution in [0.5, 0.6) is 0 Å². The maximum atomic E-state index is 8.53. The standard InChI is InChI=1S/C18H39NO9/c20-3-7-24-11-15-26-13-9-22-5-1-19-2-6-23-10-14-27-17-18-28-16-12-25-8-4-21/h19-21H,1-18H2. The second-order valence-electron chi connectivity index (χ2n) is 5.48. The van der Waals surface area contributed by atoms with Crippen molar-refractivity contribution in [2.45, 2.75) is 0 Å². The second-order valence-corrected chi connectivity index (χ2v) is 5.48. The summed E-state index contributed by atoms with van der Waals surface area (Å²) in [6.45, 7) is 8.75. The minimum atomic E-state index is 0.0338. The molecule has 10 heteroatoms. The number of hydrogen-bond acceptors (Lipinski definition) is 10. The number of nitrogens with one attached hydrogen (secondary N) is 1. The molecule has 0 saturated carbocycles. The van der Waals surface area contributed by atoms with E-state index in [1.165, 1.54) is 0 Å². The molecule has 0 aliphatic carbocycles. The number of aliphatic hydroxyl groups excluding tert-OH is 2. The van der Waals surface area contributed by atoms with E-state index in [1.54, 1.807) is 0 Å². The van der Waals surface area contributed by atoms with E-state index in [2.05, 4.69) is 5.32 Å². The van der Waals surface area contributed by atoms with E-state index in [4.69, 9.17) is 43.4 Å². The van der Waals surface area contributed by atoms with E-state index in [0.717, 1.165) is 13.1 Å². The molecule has 0 aliphatic heterocycles. The van der Waals surface area contributed by atoms with Gasteiger partial charge in [-0.3, -0.25) is 0 Å². The summed E-state index contributed by atoms with van der Waals surface area (Å²) in [5, 5.41) is 20.3. The largest absolute Gasteiger partial charge is 0.394 e. The van der Waals surface area contributed by atoms with Crippen LogP contribution in [0.4, 0.5) is 0 Å². The first-order valence-electron chi connectivity index (χ1n) is 9.88. The highest BCUT2D eigenvalue weighted by atomic mass is 16.6. The minimum Gasteiger partial charge on any atom is -0.394 e. The van der Waals surface area contributed by atoms with Crippen molar-refractivity contribution < 1.29 is 43.4 Å². The van der Waals surface area contributed by atoms with Gasteiger partial charge in [0.2, 0.25) is 0 Å². The molecule has 170 valence electrons. The molecule has 10 nitrogen and oxygen atoms in total. The van der Waals surface area contributed by atoms with Gasteiger partial charge in [0.15, 0.2) is 0 Å². The van der Waals surface area contributed by atoms with Crippen LogP contribution in [0, 0.1) is 0 Å². The van der Waals surface area contributed by atoms with E-state index in [1.807, 2.05) is 0 Å². The average molecular weight is 414 g/mol. The molecule has 0 aromatic heterocycles. The summed E-state index contributed by atoms with van der Waals surface area (Å²) >= 11 is 0. The molecule has 0 rings (SSSR count). The van der Waals surface area contributed by atoms with Gasteiger partial charge in [0, 0.05) is 13.1 Å². The van der Waals surface area contributed by atoms with Crippen molar-refractivity contribution >= 4 is 0 Å². The molecular weight excluding hydrogens is 374 g/mol. The van der Waals surface area contributed by atoms with Crippen molar-refractivity contribution in [1.29, 1.82) is 0 Å². The lowest BCUT2D eigenvalue weighted by molar-refractivity contribution is -0.00544. The third-order valence-electron chi connectivity index (χ3n) is 3.18. The van der Waals surface area contributed by atoms with Crippen molar-refractivity contribution in [3.05, 3.63) is 0 Å². The lowest BCUT2D eigenvalue weighted by atomic mass is 10.6. The first-order chi connectivity index (χ1) is 13.9. The van der Waals surface area contributed by atoms with Gasteiger partial charge in [-0.05, 0) is 0 Å². The maximum Gasteiger partial charge on any atom is 0.0701 e. The summed E-state index contributed by atoms with van der Waals surface area (Å²) < 4.78 is 37.0. The fraction of sp³-hybridized carbons (Fsp3) is 1.00. The lowest BCUT2D eigenvalue weighted by Crippen LogP contribution is -2.25. The van der Waals surface area contributed by atoms with Crippen molar-refractivity contribution in [2.24, 2.45) is 0 Å². The molecule has 0 aliphatic rings. The quantitative estimate of drug-likeness (QED) is 0.156. The Labute approximate surface area is 168 Å². The van der Waals surface area contributed by atoms with E-state index < -0.39 is 0 Å². The molecule has 0 fully saturated rings. The van der Waals surface area contributed by atoms with Crippen LogP contribution in [0.2, 0.25) is 0 Å². The topological polar surface area (TPSA) is 117 Å². The Morgan fingerprint density at radius 2 is 0.607 bits per heavy atom. The highest BCUT2D eigenvalue weighted by molar-refractivity contribution is 4.45. The third-order valence-corrected chi connectivity index (χ3v) is 3.18. The molecular formula is C18H39NO9. The van der Waals surface area contributed by atoms with Crippen molar-refractivity contribution in [1.82, 2.24) is 5.32 Å². The molecule has 0 aromatic carbocycles. The molecule has 3 N–H and O–H groups in total. The van der Waals surface area contributed by atoms with Crippen molar-refractivity contribution in [2.75, 3.05) is 119 Å². The predicted octanol–water partition coefficient (Wildman–Crippen LogP) is -1.32. The second kappa shape index (κ2) is 26.6. The van der Waals surface area contributed by atoms with Crippen LogP contribution in [-0.4, -0.2) is 129 Å². The van der Waals surface area contributed by atoms with E-state index in [0.29, 0.717) is 92.5 Å². The van der Waals surface area contributed by atoms with Crippen LogP contribution < -0.4 is 5.32 Å². The molecule has 28 heavy (non-hydrogen) atoms.